The lowest BCUT2D eigenvalue weighted by Gasteiger charge is -2.16. The van der Waals surface area contributed by atoms with Crippen molar-refractivity contribution < 1.29 is 18.3 Å². The highest BCUT2D eigenvalue weighted by molar-refractivity contribution is 7.90. The lowest BCUT2D eigenvalue weighted by Crippen LogP contribution is -2.31. The van der Waals surface area contributed by atoms with Gasteiger partial charge in [0.25, 0.3) is 5.91 Å². The monoisotopic (exact) mass is 329 g/mol. The van der Waals surface area contributed by atoms with Crippen molar-refractivity contribution in [2.24, 2.45) is 0 Å². The van der Waals surface area contributed by atoms with Gasteiger partial charge in [-0.15, -0.1) is 0 Å². The Morgan fingerprint density at radius 2 is 2.10 bits per heavy atom. The maximum Gasteiger partial charge on any atom is 0.253 e. The van der Waals surface area contributed by atoms with E-state index in [2.05, 4.69) is 11.8 Å². The highest BCUT2D eigenvalue weighted by Crippen LogP contribution is 2.18. The molecule has 1 amide bonds. The first-order valence-electron chi connectivity index (χ1n) is 6.07. The summed E-state index contributed by atoms with van der Waals surface area (Å²) in [5.74, 6) is 4.73. The fourth-order valence-electron chi connectivity index (χ4n) is 1.51. The van der Waals surface area contributed by atoms with Crippen LogP contribution in [0.4, 0.5) is 0 Å². The molecule has 1 N–H and O–H groups in total. The normalized spacial score (nSPS) is 10.7. The van der Waals surface area contributed by atoms with Gasteiger partial charge in [-0.25, -0.2) is 8.42 Å². The predicted molar refractivity (Wildman–Crippen MR) is 82.1 cm³/mol. The van der Waals surface area contributed by atoms with Crippen LogP contribution in [0, 0.1) is 11.8 Å². The number of hydrogen-bond donors (Lipinski definition) is 1. The lowest BCUT2D eigenvalue weighted by molar-refractivity contribution is 0.0803. The number of aliphatic hydroxyl groups is 1. The molecule has 0 heterocycles. The molecule has 0 fully saturated rings. The fourth-order valence-corrected chi connectivity index (χ4v) is 2.34. The van der Waals surface area contributed by atoms with Crippen LogP contribution in [-0.2, 0) is 9.84 Å². The van der Waals surface area contributed by atoms with Crippen LogP contribution in [0.3, 0.4) is 0 Å². The Balaban J connectivity index is 2.86. The molecule has 114 valence electrons. The summed E-state index contributed by atoms with van der Waals surface area (Å²) >= 11 is 6.01. The fraction of sp³-hybridized carbons (Fsp3) is 0.357. The molecule has 0 atom stereocenters. The van der Waals surface area contributed by atoms with Crippen LogP contribution in [0.15, 0.2) is 18.2 Å². The van der Waals surface area contributed by atoms with Gasteiger partial charge in [-0.1, -0.05) is 23.4 Å². The molecule has 5 nitrogen and oxygen atoms in total. The van der Waals surface area contributed by atoms with E-state index in [9.17, 15) is 13.2 Å². The average Bonchev–Trinajstić information content (AvgIpc) is 2.41. The lowest BCUT2D eigenvalue weighted by atomic mass is 10.1. The van der Waals surface area contributed by atoms with Crippen molar-refractivity contribution in [1.29, 1.82) is 0 Å². The van der Waals surface area contributed by atoms with Gasteiger partial charge >= 0.3 is 0 Å². The number of carbonyl (C=O) groups excluding carboxylic acids is 1. The Kier molecular flexibility index (Phi) is 6.21. The molecule has 0 radical (unpaired) electrons. The molecule has 1 rings (SSSR count). The topological polar surface area (TPSA) is 74.7 Å². The van der Waals surface area contributed by atoms with Gasteiger partial charge in [-0.05, 0) is 18.2 Å². The van der Waals surface area contributed by atoms with Crippen LogP contribution in [0.25, 0.3) is 0 Å². The minimum Gasteiger partial charge on any atom is -0.384 e. The van der Waals surface area contributed by atoms with Gasteiger partial charge in [0, 0.05) is 31.0 Å². The van der Waals surface area contributed by atoms with Crippen LogP contribution in [0.2, 0.25) is 5.02 Å². The highest BCUT2D eigenvalue weighted by atomic mass is 35.5. The number of sulfone groups is 1. The van der Waals surface area contributed by atoms with E-state index in [0.29, 0.717) is 16.1 Å². The summed E-state index contributed by atoms with van der Waals surface area (Å²) in [6.45, 7) is -0.160. The summed E-state index contributed by atoms with van der Waals surface area (Å²) in [7, 11) is -1.59. The number of benzene rings is 1. The van der Waals surface area contributed by atoms with E-state index in [1.165, 1.54) is 18.0 Å². The summed E-state index contributed by atoms with van der Waals surface area (Å²) in [5.41, 5.74) is 0.867. The zero-order valence-corrected chi connectivity index (χ0v) is 13.3. The molecular weight excluding hydrogens is 314 g/mol. The second-order valence-corrected chi connectivity index (χ2v) is 7.18. The Hall–Kier alpha value is -1.55. The summed E-state index contributed by atoms with van der Waals surface area (Å²) in [6.07, 6.45) is 1.12. The number of nitrogens with zero attached hydrogens (tertiary/aromatic N) is 1. The molecular formula is C14H16ClNO4S. The SMILES string of the molecule is CN(CCS(C)(=O)=O)C(=O)c1ccc(C#CCO)c(Cl)c1. The van der Waals surface area contributed by atoms with Crippen molar-refractivity contribution in [2.75, 3.05) is 32.2 Å². The molecule has 0 aliphatic rings. The maximum atomic E-state index is 12.1. The van der Waals surface area contributed by atoms with Gasteiger partial charge in [0.1, 0.15) is 16.4 Å². The van der Waals surface area contributed by atoms with E-state index in [1.54, 1.807) is 12.1 Å². The molecule has 0 bridgehead atoms. The van der Waals surface area contributed by atoms with Crippen LogP contribution in [0.5, 0.6) is 0 Å². The van der Waals surface area contributed by atoms with Gasteiger partial charge in [0.05, 0.1) is 10.8 Å². The molecule has 0 aromatic heterocycles. The summed E-state index contributed by atoms with van der Waals surface area (Å²) in [5, 5.41) is 8.94. The first-order valence-corrected chi connectivity index (χ1v) is 8.51. The maximum absolute atomic E-state index is 12.1. The van der Waals surface area contributed by atoms with Gasteiger partial charge < -0.3 is 10.0 Å². The first kappa shape index (κ1) is 17.5. The molecule has 1 aromatic carbocycles. The number of amides is 1. The van der Waals surface area contributed by atoms with Crippen molar-refractivity contribution in [2.45, 2.75) is 0 Å². The first-order chi connectivity index (χ1) is 9.74. The predicted octanol–water partition coefficient (Wildman–Crippen LogP) is 0.800. The molecule has 0 saturated carbocycles. The Bertz CT molecular complexity index is 689. The number of hydrogen-bond acceptors (Lipinski definition) is 4. The van der Waals surface area contributed by atoms with Crippen molar-refractivity contribution in [1.82, 2.24) is 4.90 Å². The third kappa shape index (κ3) is 5.76. The van der Waals surface area contributed by atoms with Gasteiger partial charge in [0.15, 0.2) is 0 Å². The molecule has 7 heteroatoms. The van der Waals surface area contributed by atoms with Crippen LogP contribution in [0.1, 0.15) is 15.9 Å². The van der Waals surface area contributed by atoms with Gasteiger partial charge in [0.2, 0.25) is 0 Å². The molecule has 21 heavy (non-hydrogen) atoms. The molecule has 0 saturated heterocycles. The largest absolute Gasteiger partial charge is 0.384 e. The summed E-state index contributed by atoms with van der Waals surface area (Å²) in [6, 6.07) is 4.62. The van der Waals surface area contributed by atoms with Crippen molar-refractivity contribution >= 4 is 27.3 Å². The van der Waals surface area contributed by atoms with Crippen molar-refractivity contribution in [3.05, 3.63) is 34.3 Å². The number of rotatable bonds is 4. The molecule has 0 aliphatic heterocycles. The minimum atomic E-state index is -3.12. The van der Waals surface area contributed by atoms with Crippen molar-refractivity contribution in [3.63, 3.8) is 0 Å². The smallest absolute Gasteiger partial charge is 0.253 e. The Morgan fingerprint density at radius 3 is 2.62 bits per heavy atom. The standard InChI is InChI=1S/C14H16ClNO4S/c1-16(7-9-21(2,19)20)14(18)12-6-5-11(4-3-8-17)13(15)10-12/h5-6,10,17H,7-9H2,1-2H3. The van der Waals surface area contributed by atoms with Crippen LogP contribution in [-0.4, -0.2) is 56.5 Å². The zero-order chi connectivity index (χ0) is 16.0. The third-order valence-electron chi connectivity index (χ3n) is 2.66. The van der Waals surface area contributed by atoms with E-state index in [0.717, 1.165) is 6.26 Å². The molecule has 1 aromatic rings. The van der Waals surface area contributed by atoms with E-state index in [4.69, 9.17) is 16.7 Å². The van der Waals surface area contributed by atoms with Crippen LogP contribution >= 0.6 is 11.6 Å². The third-order valence-corrected chi connectivity index (χ3v) is 3.90. The zero-order valence-electron chi connectivity index (χ0n) is 11.8. The summed E-state index contributed by atoms with van der Waals surface area (Å²) in [4.78, 5) is 13.5. The molecule has 0 unspecified atom stereocenters. The summed E-state index contributed by atoms with van der Waals surface area (Å²) < 4.78 is 22.2. The van der Waals surface area contributed by atoms with E-state index in [1.807, 2.05) is 0 Å². The number of aliphatic hydroxyl groups excluding tert-OH is 1. The van der Waals surface area contributed by atoms with E-state index < -0.39 is 9.84 Å². The van der Waals surface area contributed by atoms with Crippen LogP contribution < -0.4 is 0 Å². The van der Waals surface area contributed by atoms with Gasteiger partial charge in [-0.2, -0.15) is 0 Å². The second kappa shape index (κ2) is 7.46. The quantitative estimate of drug-likeness (QED) is 0.829. The van der Waals surface area contributed by atoms with Gasteiger partial charge in [-0.3, -0.25) is 4.79 Å². The number of carbonyl (C=O) groups is 1. The highest BCUT2D eigenvalue weighted by Gasteiger charge is 2.14. The Morgan fingerprint density at radius 1 is 1.43 bits per heavy atom. The van der Waals surface area contributed by atoms with E-state index in [-0.39, 0.29) is 24.8 Å². The van der Waals surface area contributed by atoms with Crippen molar-refractivity contribution in [3.8, 4) is 11.8 Å². The molecule has 0 spiro atoms. The minimum absolute atomic E-state index is 0.0942. The Labute approximate surface area is 129 Å². The average molecular weight is 330 g/mol. The second-order valence-electron chi connectivity index (χ2n) is 4.51. The molecule has 0 aliphatic carbocycles. The van der Waals surface area contributed by atoms with E-state index >= 15 is 0 Å². The number of halogens is 1.